The lowest BCUT2D eigenvalue weighted by atomic mass is 9.86. The van der Waals surface area contributed by atoms with Gasteiger partial charge in [0.2, 0.25) is 0 Å². The largest absolute Gasteiger partial charge is 0.376 e. The number of rotatable bonds is 2. The molecule has 108 valence electrons. The molecule has 5 atom stereocenters. The number of fused-ring (bicyclic) bond motifs is 4. The van der Waals surface area contributed by atoms with Crippen molar-refractivity contribution in [2.45, 2.75) is 63.1 Å². The average molecular weight is 288 g/mol. The Bertz CT molecular complexity index is 405. The van der Waals surface area contributed by atoms with Gasteiger partial charge in [0.25, 0.3) is 0 Å². The molecule has 0 amide bonds. The molecule has 3 rings (SSSR count). The fraction of sp³-hybridized carbons (Fsp3) is 0.917. The molecule has 3 N–H and O–H groups in total. The second-order valence-corrected chi connectivity index (χ2v) is 6.21. The zero-order valence-electron chi connectivity index (χ0n) is 11.3. The molecular weight excluding hydrogens is 268 g/mol. The number of nitrogens with two attached hydrogens (primary N) is 1. The topological polar surface area (TPSA) is 75.0 Å². The minimum Gasteiger partial charge on any atom is -0.376 e. The third-order valence-corrected chi connectivity index (χ3v) is 4.16. The molecule has 3 heterocycles. The van der Waals surface area contributed by atoms with Crippen molar-refractivity contribution >= 4 is 17.3 Å². The maximum Gasteiger partial charge on any atom is 0.181 e. The number of hydrogen-bond donors (Lipinski definition) is 2. The molecule has 3 aliphatic heterocycles. The van der Waals surface area contributed by atoms with Gasteiger partial charge < -0.3 is 30.0 Å². The maximum absolute atomic E-state index is 6.05. The van der Waals surface area contributed by atoms with Gasteiger partial charge in [0.1, 0.15) is 23.9 Å². The second-order valence-electron chi connectivity index (χ2n) is 5.77. The van der Waals surface area contributed by atoms with Crippen LogP contribution in [0.1, 0.15) is 27.2 Å². The fourth-order valence-corrected chi connectivity index (χ4v) is 3.30. The summed E-state index contributed by atoms with van der Waals surface area (Å²) in [4.78, 5) is 0. The van der Waals surface area contributed by atoms with E-state index in [9.17, 15) is 0 Å². The zero-order valence-corrected chi connectivity index (χ0v) is 12.2. The van der Waals surface area contributed by atoms with Crippen LogP contribution in [-0.2, 0) is 18.9 Å². The van der Waals surface area contributed by atoms with Crippen LogP contribution in [0.4, 0.5) is 0 Å². The zero-order chi connectivity index (χ0) is 13.8. The molecule has 3 fully saturated rings. The Hall–Kier alpha value is -0.470. The Balaban J connectivity index is 1.92. The summed E-state index contributed by atoms with van der Waals surface area (Å²) in [5, 5.41) is 3.22. The molecule has 3 aliphatic rings. The molecule has 0 aromatic rings. The first-order valence-electron chi connectivity index (χ1n) is 6.58. The van der Waals surface area contributed by atoms with Gasteiger partial charge in [0.15, 0.2) is 17.2 Å². The monoisotopic (exact) mass is 288 g/mol. The Labute approximate surface area is 117 Å². The van der Waals surface area contributed by atoms with Crippen LogP contribution in [0.3, 0.4) is 0 Å². The quantitative estimate of drug-likeness (QED) is 0.705. The molecular formula is C12H20N2O4S. The lowest BCUT2D eigenvalue weighted by Gasteiger charge is -2.42. The van der Waals surface area contributed by atoms with Crippen LogP contribution in [0.25, 0.3) is 0 Å². The van der Waals surface area contributed by atoms with Crippen LogP contribution < -0.4 is 11.1 Å². The summed E-state index contributed by atoms with van der Waals surface area (Å²) in [5.74, 6) is -0.637. The number of ether oxygens (including phenoxy) is 4. The predicted octanol–water partition coefficient (Wildman–Crippen LogP) is 0.244. The highest BCUT2D eigenvalue weighted by atomic mass is 32.1. The highest BCUT2D eigenvalue weighted by Gasteiger charge is 2.65. The summed E-state index contributed by atoms with van der Waals surface area (Å²) in [5.41, 5.74) is 5.15. The van der Waals surface area contributed by atoms with Crippen molar-refractivity contribution in [3.8, 4) is 0 Å². The van der Waals surface area contributed by atoms with E-state index in [0.29, 0.717) is 6.61 Å². The lowest BCUT2D eigenvalue weighted by Crippen LogP contribution is -2.64. The van der Waals surface area contributed by atoms with Crippen LogP contribution in [0.5, 0.6) is 0 Å². The molecule has 0 aromatic heterocycles. The lowest BCUT2D eigenvalue weighted by molar-refractivity contribution is -0.195. The third kappa shape index (κ3) is 2.04. The van der Waals surface area contributed by atoms with Crippen LogP contribution in [0.15, 0.2) is 0 Å². The van der Waals surface area contributed by atoms with Crippen molar-refractivity contribution in [3.63, 3.8) is 0 Å². The highest BCUT2D eigenvalue weighted by molar-refractivity contribution is 7.80. The Morgan fingerprint density at radius 1 is 1.37 bits per heavy atom. The average Bonchev–Trinajstić information content (AvgIpc) is 2.85. The minimum atomic E-state index is -0.637. The van der Waals surface area contributed by atoms with E-state index in [2.05, 4.69) is 12.2 Å². The number of nitrogens with one attached hydrogen (secondary N) is 1. The molecule has 0 spiro atoms. The van der Waals surface area contributed by atoms with Crippen LogP contribution in [0, 0.1) is 0 Å². The first kappa shape index (κ1) is 13.5. The summed E-state index contributed by atoms with van der Waals surface area (Å²) in [6.45, 7) is 6.38. The van der Waals surface area contributed by atoms with E-state index in [1.807, 2.05) is 13.8 Å². The molecule has 0 aliphatic carbocycles. The number of thiocarbonyl (C=S) groups is 1. The maximum atomic E-state index is 6.05. The van der Waals surface area contributed by atoms with Crippen molar-refractivity contribution in [3.05, 3.63) is 0 Å². The van der Waals surface area contributed by atoms with Crippen molar-refractivity contribution in [1.82, 2.24) is 5.32 Å². The minimum absolute atomic E-state index is 0.182. The van der Waals surface area contributed by atoms with Gasteiger partial charge in [-0.3, -0.25) is 0 Å². The summed E-state index contributed by atoms with van der Waals surface area (Å²) in [6.07, 6.45) is 0.0418. The van der Waals surface area contributed by atoms with E-state index in [-0.39, 0.29) is 23.4 Å². The van der Waals surface area contributed by atoms with Crippen LogP contribution >= 0.6 is 12.2 Å². The molecule has 7 heteroatoms. The summed E-state index contributed by atoms with van der Waals surface area (Å²) in [6, 6.07) is -0.244. The first-order chi connectivity index (χ1) is 8.87. The van der Waals surface area contributed by atoms with Gasteiger partial charge in [-0.25, -0.2) is 0 Å². The van der Waals surface area contributed by atoms with Gasteiger partial charge >= 0.3 is 0 Å². The Morgan fingerprint density at radius 3 is 2.74 bits per heavy atom. The summed E-state index contributed by atoms with van der Waals surface area (Å²) < 4.78 is 23.8. The predicted molar refractivity (Wildman–Crippen MR) is 71.4 cm³/mol. The van der Waals surface area contributed by atoms with Crippen LogP contribution in [-0.4, -0.2) is 47.6 Å². The molecule has 0 aromatic carbocycles. The van der Waals surface area contributed by atoms with Gasteiger partial charge in [-0.15, -0.1) is 0 Å². The van der Waals surface area contributed by atoms with Crippen molar-refractivity contribution < 1.29 is 18.9 Å². The normalized spacial score (nSPS) is 46.9. The Morgan fingerprint density at radius 2 is 2.11 bits per heavy atom. The summed E-state index contributed by atoms with van der Waals surface area (Å²) in [7, 11) is 0. The van der Waals surface area contributed by atoms with Crippen molar-refractivity contribution in [2.75, 3.05) is 6.61 Å². The van der Waals surface area contributed by atoms with E-state index in [0.717, 1.165) is 6.42 Å². The Kier molecular flexibility index (Phi) is 3.03. The fourth-order valence-electron chi connectivity index (χ4n) is 3.16. The van der Waals surface area contributed by atoms with Gasteiger partial charge in [0, 0.05) is 0 Å². The van der Waals surface area contributed by atoms with Crippen LogP contribution in [0.2, 0.25) is 0 Å². The van der Waals surface area contributed by atoms with Crippen molar-refractivity contribution in [1.29, 1.82) is 0 Å². The molecule has 0 saturated carbocycles. The summed E-state index contributed by atoms with van der Waals surface area (Å²) >= 11 is 4.92. The highest BCUT2D eigenvalue weighted by Crippen LogP contribution is 2.47. The molecule has 2 bridgehead atoms. The van der Waals surface area contributed by atoms with Gasteiger partial charge in [-0.1, -0.05) is 6.92 Å². The van der Waals surface area contributed by atoms with E-state index in [1.54, 1.807) is 0 Å². The molecule has 2 unspecified atom stereocenters. The second kappa shape index (κ2) is 4.26. The van der Waals surface area contributed by atoms with Gasteiger partial charge in [-0.2, -0.15) is 0 Å². The standard InChI is InChI=1S/C12H20N2O4S/c1-4-12-5-15-9(18-12)6(14-10(13)19)7-8(12)17-11(2,3)16-7/h6-9H,4-5H2,1-3H3,(H3,13,14,19)/t6-,7?,8-,9?,12+/m1/s1. The number of hydrogen-bond acceptors (Lipinski definition) is 5. The van der Waals surface area contributed by atoms with E-state index < -0.39 is 17.7 Å². The molecule has 6 nitrogen and oxygen atoms in total. The van der Waals surface area contributed by atoms with Gasteiger partial charge in [-0.05, 0) is 32.5 Å². The van der Waals surface area contributed by atoms with E-state index in [1.165, 1.54) is 0 Å². The van der Waals surface area contributed by atoms with Gasteiger partial charge in [0.05, 0.1) is 6.61 Å². The first-order valence-corrected chi connectivity index (χ1v) is 6.99. The molecule has 0 radical (unpaired) electrons. The molecule has 19 heavy (non-hydrogen) atoms. The SMILES string of the molecule is CC[C@@]12COC(O1)[C@H](NC(N)=S)C1OC(C)(C)O[C@H]12. The van der Waals surface area contributed by atoms with Crippen molar-refractivity contribution in [2.24, 2.45) is 5.73 Å². The van der Waals surface area contributed by atoms with E-state index in [4.69, 9.17) is 36.9 Å². The smallest absolute Gasteiger partial charge is 0.181 e. The van der Waals surface area contributed by atoms with E-state index >= 15 is 0 Å². The molecule has 3 saturated heterocycles. The third-order valence-electron chi connectivity index (χ3n) is 4.04.